The lowest BCUT2D eigenvalue weighted by atomic mass is 9.74. The normalized spacial score (nSPS) is 13.2. The van der Waals surface area contributed by atoms with E-state index in [0.29, 0.717) is 12.2 Å². The molecule has 0 aliphatic heterocycles. The summed E-state index contributed by atoms with van der Waals surface area (Å²) in [5.41, 5.74) is 1.30. The predicted molar refractivity (Wildman–Crippen MR) is 99.5 cm³/mol. The zero-order chi connectivity index (χ0) is 18.9. The summed E-state index contributed by atoms with van der Waals surface area (Å²) < 4.78 is 0. The Hall–Kier alpha value is -1.58. The number of rotatable bonds is 7. The van der Waals surface area contributed by atoms with Crippen molar-refractivity contribution >= 4 is 0 Å². The highest BCUT2D eigenvalue weighted by molar-refractivity contribution is 5.50. The molecule has 136 valence electrons. The number of phenols is 1. The fourth-order valence-corrected chi connectivity index (χ4v) is 2.77. The number of hydrogen-bond donors (Lipinski definition) is 1. The minimum absolute atomic E-state index is 0.183. The topological polar surface area (TPSA) is 63.4 Å². The maximum absolute atomic E-state index is 11.3. The number of hydrogen-bond acceptors (Lipinski definition) is 3. The van der Waals surface area contributed by atoms with Gasteiger partial charge in [-0.3, -0.25) is 10.1 Å². The van der Waals surface area contributed by atoms with Gasteiger partial charge in [0.1, 0.15) is 5.75 Å². The van der Waals surface area contributed by atoms with Gasteiger partial charge >= 0.3 is 0 Å². The molecule has 0 unspecified atom stereocenters. The van der Waals surface area contributed by atoms with Crippen LogP contribution in [0.1, 0.15) is 84.9 Å². The van der Waals surface area contributed by atoms with E-state index in [4.69, 9.17) is 0 Å². The maximum Gasteiger partial charge on any atom is 0.220 e. The highest BCUT2D eigenvalue weighted by Crippen LogP contribution is 2.42. The van der Waals surface area contributed by atoms with Gasteiger partial charge in [0.25, 0.3) is 0 Å². The standard InChI is InChI=1S/C20H33NO3/c1-9-18(3,4)15-11-14(13-20(7,8)21(23)24)12-16(17(15)22)19(5,6)10-2/h11-12,22H,9-10,13H2,1-8H3. The first-order valence-corrected chi connectivity index (χ1v) is 8.80. The molecule has 0 atom stereocenters. The van der Waals surface area contributed by atoms with Crippen LogP contribution in [0.15, 0.2) is 12.1 Å². The molecule has 1 N–H and O–H groups in total. The lowest BCUT2D eigenvalue weighted by Crippen LogP contribution is -2.33. The van der Waals surface area contributed by atoms with Crippen LogP contribution in [0.3, 0.4) is 0 Å². The lowest BCUT2D eigenvalue weighted by molar-refractivity contribution is -0.560. The first kappa shape index (κ1) is 20.5. The molecule has 4 nitrogen and oxygen atoms in total. The van der Waals surface area contributed by atoms with Crippen LogP contribution in [0.25, 0.3) is 0 Å². The number of nitro groups is 1. The second-order valence-electron chi connectivity index (χ2n) is 8.76. The van der Waals surface area contributed by atoms with Gasteiger partial charge in [-0.2, -0.15) is 0 Å². The van der Waals surface area contributed by atoms with Gasteiger partial charge in [0, 0.05) is 36.3 Å². The fraction of sp³-hybridized carbons (Fsp3) is 0.700. The van der Waals surface area contributed by atoms with E-state index in [1.165, 1.54) is 0 Å². The van der Waals surface area contributed by atoms with Crippen LogP contribution in [0.4, 0.5) is 0 Å². The summed E-state index contributed by atoms with van der Waals surface area (Å²) >= 11 is 0. The summed E-state index contributed by atoms with van der Waals surface area (Å²) in [6.07, 6.45) is 2.11. The molecule has 24 heavy (non-hydrogen) atoms. The Morgan fingerprint density at radius 3 is 1.62 bits per heavy atom. The minimum Gasteiger partial charge on any atom is -0.507 e. The van der Waals surface area contributed by atoms with Gasteiger partial charge in [-0.1, -0.05) is 53.7 Å². The van der Waals surface area contributed by atoms with Crippen molar-refractivity contribution < 1.29 is 10.0 Å². The molecule has 0 aromatic heterocycles. The molecule has 0 saturated heterocycles. The van der Waals surface area contributed by atoms with Crippen LogP contribution < -0.4 is 0 Å². The first-order chi connectivity index (χ1) is 10.8. The van der Waals surface area contributed by atoms with Crippen molar-refractivity contribution in [1.82, 2.24) is 0 Å². The molecule has 0 aliphatic carbocycles. The average molecular weight is 335 g/mol. The molecule has 0 fully saturated rings. The van der Waals surface area contributed by atoms with Gasteiger partial charge < -0.3 is 5.11 Å². The third kappa shape index (κ3) is 4.08. The molecule has 0 spiro atoms. The SMILES string of the molecule is CCC(C)(C)c1cc(CC(C)(C)[N+](=O)[O-])cc(C(C)(C)CC)c1O. The molecule has 0 bridgehead atoms. The second-order valence-corrected chi connectivity index (χ2v) is 8.76. The molecule has 0 saturated carbocycles. The molecule has 1 rings (SSSR count). The lowest BCUT2D eigenvalue weighted by Gasteiger charge is -2.32. The molecule has 0 aliphatic rings. The Bertz CT molecular complexity index is 578. The van der Waals surface area contributed by atoms with E-state index in [-0.39, 0.29) is 15.8 Å². The van der Waals surface area contributed by atoms with Crippen molar-refractivity contribution in [2.24, 2.45) is 0 Å². The van der Waals surface area contributed by atoms with E-state index in [1.54, 1.807) is 13.8 Å². The minimum atomic E-state index is -1.03. The molecule has 0 amide bonds. The van der Waals surface area contributed by atoms with E-state index in [1.807, 2.05) is 12.1 Å². The van der Waals surface area contributed by atoms with E-state index >= 15 is 0 Å². The van der Waals surface area contributed by atoms with Crippen molar-refractivity contribution in [3.05, 3.63) is 38.9 Å². The van der Waals surface area contributed by atoms with E-state index in [2.05, 4.69) is 41.5 Å². The summed E-state index contributed by atoms with van der Waals surface area (Å²) in [5, 5.41) is 22.2. The Labute approximate surface area is 146 Å². The highest BCUT2D eigenvalue weighted by atomic mass is 16.6. The maximum atomic E-state index is 11.3. The summed E-state index contributed by atoms with van der Waals surface area (Å²) in [7, 11) is 0. The van der Waals surface area contributed by atoms with Gasteiger partial charge in [-0.05, 0) is 29.2 Å². The van der Waals surface area contributed by atoms with Crippen molar-refractivity contribution in [2.75, 3.05) is 0 Å². The second kappa shape index (κ2) is 6.73. The third-order valence-electron chi connectivity index (χ3n) is 5.53. The van der Waals surface area contributed by atoms with Gasteiger partial charge in [0.05, 0.1) is 0 Å². The van der Waals surface area contributed by atoms with Gasteiger partial charge in [0.15, 0.2) is 0 Å². The number of phenolic OH excluding ortho intramolecular Hbond substituents is 1. The van der Waals surface area contributed by atoms with E-state index in [9.17, 15) is 15.2 Å². The summed E-state index contributed by atoms with van der Waals surface area (Å²) in [4.78, 5) is 11.1. The zero-order valence-electron chi connectivity index (χ0n) is 16.5. The van der Waals surface area contributed by atoms with Crippen LogP contribution in [0, 0.1) is 10.1 Å². The van der Waals surface area contributed by atoms with E-state index < -0.39 is 5.54 Å². The smallest absolute Gasteiger partial charge is 0.220 e. The number of benzene rings is 1. The Kier molecular flexibility index (Phi) is 5.74. The van der Waals surface area contributed by atoms with Crippen LogP contribution >= 0.6 is 0 Å². The van der Waals surface area contributed by atoms with Crippen LogP contribution in [-0.4, -0.2) is 15.6 Å². The van der Waals surface area contributed by atoms with Crippen molar-refractivity contribution in [1.29, 1.82) is 0 Å². The molecular formula is C20H33NO3. The Morgan fingerprint density at radius 2 is 1.33 bits per heavy atom. The zero-order valence-corrected chi connectivity index (χ0v) is 16.5. The van der Waals surface area contributed by atoms with Crippen LogP contribution in [-0.2, 0) is 17.3 Å². The Morgan fingerprint density at radius 1 is 0.958 bits per heavy atom. The molecule has 1 aromatic rings. The Balaban J connectivity index is 3.60. The first-order valence-electron chi connectivity index (χ1n) is 8.80. The van der Waals surface area contributed by atoms with E-state index in [0.717, 1.165) is 29.5 Å². The summed E-state index contributed by atoms with van der Waals surface area (Å²) in [6, 6.07) is 3.92. The quantitative estimate of drug-likeness (QED) is 0.538. The fourth-order valence-electron chi connectivity index (χ4n) is 2.77. The molecule has 0 radical (unpaired) electrons. The monoisotopic (exact) mass is 335 g/mol. The van der Waals surface area contributed by atoms with Gasteiger partial charge in [-0.15, -0.1) is 0 Å². The average Bonchev–Trinajstić information content (AvgIpc) is 2.48. The molecular weight excluding hydrogens is 302 g/mol. The predicted octanol–water partition coefficient (Wildman–Crippen LogP) is 5.37. The van der Waals surface area contributed by atoms with Gasteiger partial charge in [0.2, 0.25) is 5.54 Å². The highest BCUT2D eigenvalue weighted by Gasteiger charge is 2.34. The summed E-state index contributed by atoms with van der Waals surface area (Å²) in [6.45, 7) is 15.9. The largest absolute Gasteiger partial charge is 0.507 e. The number of aromatic hydroxyl groups is 1. The van der Waals surface area contributed by atoms with Crippen molar-refractivity contribution in [3.8, 4) is 5.75 Å². The summed E-state index contributed by atoms with van der Waals surface area (Å²) in [5.74, 6) is 0.344. The number of nitrogens with zero attached hydrogens (tertiary/aromatic N) is 1. The molecule has 4 heteroatoms. The third-order valence-corrected chi connectivity index (χ3v) is 5.53. The van der Waals surface area contributed by atoms with Gasteiger partial charge in [-0.25, -0.2) is 0 Å². The van der Waals surface area contributed by atoms with Crippen LogP contribution in [0.2, 0.25) is 0 Å². The molecule has 1 aromatic carbocycles. The van der Waals surface area contributed by atoms with Crippen molar-refractivity contribution in [2.45, 2.75) is 91.0 Å². The molecule has 0 heterocycles. The van der Waals surface area contributed by atoms with Crippen LogP contribution in [0.5, 0.6) is 5.75 Å². The van der Waals surface area contributed by atoms with Crippen molar-refractivity contribution in [3.63, 3.8) is 0 Å².